The number of cyclic esters (lactones) is 1. The standard InChI is InChI=1S/C35H63NO12/c1-17-16-43-13-12-26(37)20(4)29(38)19(3)23(7)46-34(41)22(6)33(47-28-15-27(42-11)30(39)24(8)45-28)21(5)32(17)48-35-31(40)25(36(9)10)14-18(2)44-35/h17-25,27-33,35,38-40H,12-16H2,1-11H3/t17-,18+,19-,20+,21-,22-,23+,24-,25-,27+,28-,29-,30+,31-,32-,33-,35-/m0/s1. The molecule has 3 aliphatic rings. The number of hydrogen-bond donors (Lipinski definition) is 3. The van der Waals surface area contributed by atoms with Crippen molar-refractivity contribution in [2.45, 2.75) is 148 Å². The summed E-state index contributed by atoms with van der Waals surface area (Å²) in [6, 6.07) is -0.200. The number of hydrogen-bond acceptors (Lipinski definition) is 13. The molecule has 3 N–H and O–H groups in total. The molecule has 0 spiro atoms. The van der Waals surface area contributed by atoms with E-state index in [9.17, 15) is 24.9 Å². The summed E-state index contributed by atoms with van der Waals surface area (Å²) in [5, 5.41) is 33.0. The topological polar surface area (TPSA) is 163 Å². The Labute approximate surface area is 286 Å². The smallest absolute Gasteiger partial charge is 0.311 e. The van der Waals surface area contributed by atoms with Crippen molar-refractivity contribution < 1.29 is 58.1 Å². The molecular formula is C35H63NO12. The lowest BCUT2D eigenvalue weighted by molar-refractivity contribution is -0.299. The zero-order valence-corrected chi connectivity index (χ0v) is 30.8. The largest absolute Gasteiger partial charge is 0.462 e. The zero-order chi connectivity index (χ0) is 36.0. The Balaban J connectivity index is 2.01. The van der Waals surface area contributed by atoms with Gasteiger partial charge in [0.25, 0.3) is 0 Å². The Bertz CT molecular complexity index is 1020. The van der Waals surface area contributed by atoms with E-state index in [4.69, 9.17) is 33.2 Å². The van der Waals surface area contributed by atoms with Gasteiger partial charge in [0.2, 0.25) is 0 Å². The van der Waals surface area contributed by atoms with Crippen LogP contribution in [0.1, 0.15) is 74.7 Å². The molecular weight excluding hydrogens is 626 g/mol. The second-order valence-electron chi connectivity index (χ2n) is 14.7. The van der Waals surface area contributed by atoms with Gasteiger partial charge in [-0.15, -0.1) is 0 Å². The molecule has 3 heterocycles. The van der Waals surface area contributed by atoms with Gasteiger partial charge in [-0.25, -0.2) is 0 Å². The average molecular weight is 690 g/mol. The number of carbonyl (C=O) groups excluding carboxylic acids is 2. The van der Waals surface area contributed by atoms with E-state index in [1.807, 2.05) is 39.8 Å². The van der Waals surface area contributed by atoms with Gasteiger partial charge in [-0.05, 0) is 48.2 Å². The van der Waals surface area contributed by atoms with Crippen molar-refractivity contribution >= 4 is 11.8 Å². The second kappa shape index (κ2) is 18.3. The highest BCUT2D eigenvalue weighted by Gasteiger charge is 2.46. The average Bonchev–Trinajstić information content (AvgIpc) is 3.04. The summed E-state index contributed by atoms with van der Waals surface area (Å²) in [7, 11) is 5.33. The first-order chi connectivity index (χ1) is 22.5. The summed E-state index contributed by atoms with van der Waals surface area (Å²) < 4.78 is 43.0. The van der Waals surface area contributed by atoms with Crippen LogP contribution in [0.3, 0.4) is 0 Å². The van der Waals surface area contributed by atoms with Gasteiger partial charge in [-0.1, -0.05) is 27.7 Å². The molecule has 0 aromatic heterocycles. The monoisotopic (exact) mass is 689 g/mol. The molecule has 13 heteroatoms. The van der Waals surface area contributed by atoms with Crippen LogP contribution in [-0.4, -0.2) is 140 Å². The van der Waals surface area contributed by atoms with Crippen LogP contribution in [0, 0.1) is 29.6 Å². The fourth-order valence-electron chi connectivity index (χ4n) is 7.20. The van der Waals surface area contributed by atoms with E-state index in [0.29, 0.717) is 6.42 Å². The SMILES string of the molecule is CO[C@@H]1C[C@H](O[C@H]2[C@@H](C)[C@@H](O[C@@H]3O[C@H](C)C[C@H](N(C)C)[C@@H]3O)[C@@H](C)COCCC(=O)[C@@H](C)[C@@H](O)[C@@H](C)[C@@H](C)OC(=O)[C@H]2C)O[C@@H](C)[C@H]1O. The number of Topliss-reactive ketones (excluding diaryl/α,β-unsaturated/α-hetero) is 1. The van der Waals surface area contributed by atoms with Gasteiger partial charge in [-0.3, -0.25) is 9.59 Å². The maximum atomic E-state index is 13.8. The Morgan fingerprint density at radius 1 is 0.771 bits per heavy atom. The lowest BCUT2D eigenvalue weighted by Gasteiger charge is -2.45. The number of ketones is 1. The summed E-state index contributed by atoms with van der Waals surface area (Å²) in [6.45, 7) is 14.8. The molecule has 0 aromatic rings. The van der Waals surface area contributed by atoms with Crippen LogP contribution in [0.4, 0.5) is 0 Å². The molecule has 0 radical (unpaired) electrons. The van der Waals surface area contributed by atoms with Crippen LogP contribution in [0.2, 0.25) is 0 Å². The predicted molar refractivity (Wildman–Crippen MR) is 176 cm³/mol. The van der Waals surface area contributed by atoms with Gasteiger partial charge in [0.05, 0.1) is 55.8 Å². The number of aliphatic hydroxyl groups is 3. The highest BCUT2D eigenvalue weighted by molar-refractivity contribution is 5.81. The molecule has 13 nitrogen and oxygen atoms in total. The van der Waals surface area contributed by atoms with Gasteiger partial charge >= 0.3 is 5.97 Å². The van der Waals surface area contributed by atoms with Gasteiger partial charge in [0, 0.05) is 49.7 Å². The van der Waals surface area contributed by atoms with E-state index >= 15 is 0 Å². The summed E-state index contributed by atoms with van der Waals surface area (Å²) in [5.41, 5.74) is 0. The molecule has 48 heavy (non-hydrogen) atoms. The first-order valence-corrected chi connectivity index (χ1v) is 17.6. The fourth-order valence-corrected chi connectivity index (χ4v) is 7.20. The van der Waals surface area contributed by atoms with Crippen LogP contribution >= 0.6 is 0 Å². The lowest BCUT2D eigenvalue weighted by Crippen LogP contribution is -2.57. The minimum Gasteiger partial charge on any atom is -0.462 e. The predicted octanol–water partition coefficient (Wildman–Crippen LogP) is 2.16. The maximum absolute atomic E-state index is 13.8. The van der Waals surface area contributed by atoms with Crippen LogP contribution in [0.15, 0.2) is 0 Å². The summed E-state index contributed by atoms with van der Waals surface area (Å²) in [4.78, 5) is 28.8. The molecule has 280 valence electrons. The molecule has 3 fully saturated rings. The summed E-state index contributed by atoms with van der Waals surface area (Å²) >= 11 is 0. The molecule has 17 atom stereocenters. The van der Waals surface area contributed by atoms with E-state index < -0.39 is 91.1 Å². The summed E-state index contributed by atoms with van der Waals surface area (Å²) in [6.07, 6.45) is -7.09. The first kappa shape index (κ1) is 41.2. The number of esters is 1. The number of ether oxygens (including phenoxy) is 7. The highest BCUT2D eigenvalue weighted by Crippen LogP contribution is 2.35. The molecule has 0 bridgehead atoms. The molecule has 0 amide bonds. The van der Waals surface area contributed by atoms with Gasteiger partial charge in [0.15, 0.2) is 12.6 Å². The van der Waals surface area contributed by atoms with E-state index in [2.05, 4.69) is 0 Å². The third-order valence-electron chi connectivity index (χ3n) is 10.8. The Hall–Kier alpha value is -1.26. The van der Waals surface area contributed by atoms with Crippen molar-refractivity contribution in [2.75, 3.05) is 34.4 Å². The second-order valence-corrected chi connectivity index (χ2v) is 14.7. The number of rotatable bonds is 6. The fraction of sp³-hybridized carbons (Fsp3) is 0.943. The Morgan fingerprint density at radius 2 is 1.44 bits per heavy atom. The summed E-state index contributed by atoms with van der Waals surface area (Å²) in [5.74, 6) is -3.53. The molecule has 0 aliphatic carbocycles. The highest BCUT2D eigenvalue weighted by atomic mass is 16.7. The van der Waals surface area contributed by atoms with Gasteiger partial charge < -0.3 is 53.4 Å². The maximum Gasteiger partial charge on any atom is 0.311 e. The molecule has 0 aromatic carbocycles. The molecule has 3 saturated heterocycles. The van der Waals surface area contributed by atoms with Crippen LogP contribution < -0.4 is 0 Å². The zero-order valence-electron chi connectivity index (χ0n) is 30.8. The molecule has 0 saturated carbocycles. The van der Waals surface area contributed by atoms with Crippen LogP contribution in [0.5, 0.6) is 0 Å². The first-order valence-electron chi connectivity index (χ1n) is 17.6. The Kier molecular flexibility index (Phi) is 15.7. The van der Waals surface area contributed by atoms with E-state index in [0.717, 1.165) is 0 Å². The van der Waals surface area contributed by atoms with E-state index in [1.54, 1.807) is 34.6 Å². The minimum absolute atomic E-state index is 0.117. The van der Waals surface area contributed by atoms with Crippen molar-refractivity contribution in [3.8, 4) is 0 Å². The normalized spacial score (nSPS) is 46.4. The number of methoxy groups -OCH3 is 1. The lowest BCUT2D eigenvalue weighted by atomic mass is 9.83. The number of nitrogens with zero attached hydrogens (tertiary/aromatic N) is 1. The minimum atomic E-state index is -1.02. The van der Waals surface area contributed by atoms with Crippen molar-refractivity contribution in [1.29, 1.82) is 0 Å². The molecule has 3 rings (SSSR count). The van der Waals surface area contributed by atoms with E-state index in [-0.39, 0.29) is 49.9 Å². The number of aliphatic hydroxyl groups excluding tert-OH is 3. The third-order valence-corrected chi connectivity index (χ3v) is 10.8. The van der Waals surface area contributed by atoms with E-state index in [1.165, 1.54) is 7.11 Å². The van der Waals surface area contributed by atoms with Crippen LogP contribution in [0.25, 0.3) is 0 Å². The van der Waals surface area contributed by atoms with Crippen molar-refractivity contribution in [2.24, 2.45) is 29.6 Å². The van der Waals surface area contributed by atoms with Gasteiger partial charge in [0.1, 0.15) is 24.1 Å². The van der Waals surface area contributed by atoms with Gasteiger partial charge in [-0.2, -0.15) is 0 Å². The van der Waals surface area contributed by atoms with Crippen molar-refractivity contribution in [1.82, 2.24) is 4.90 Å². The van der Waals surface area contributed by atoms with Crippen molar-refractivity contribution in [3.63, 3.8) is 0 Å². The Morgan fingerprint density at radius 3 is 2.06 bits per heavy atom. The molecule has 3 aliphatic heterocycles. The third kappa shape index (κ3) is 10.2. The van der Waals surface area contributed by atoms with Crippen molar-refractivity contribution in [3.05, 3.63) is 0 Å². The molecule has 0 unspecified atom stereocenters. The quantitative estimate of drug-likeness (QED) is 0.348. The number of carbonyl (C=O) groups is 2. The van der Waals surface area contributed by atoms with Crippen LogP contribution in [-0.2, 0) is 42.7 Å². The number of likely N-dealkylation sites (N-methyl/N-ethyl adjacent to an activating group) is 1.